The van der Waals surface area contributed by atoms with Gasteiger partial charge in [-0.05, 0) is 12.1 Å². The third-order valence-electron chi connectivity index (χ3n) is 2.76. The summed E-state index contributed by atoms with van der Waals surface area (Å²) in [5, 5.41) is -0.00612. The summed E-state index contributed by atoms with van der Waals surface area (Å²) in [5.41, 5.74) is 5.85. The quantitative estimate of drug-likeness (QED) is 0.822. The van der Waals surface area contributed by atoms with Crippen LogP contribution < -0.4 is 5.73 Å². The van der Waals surface area contributed by atoms with E-state index in [-0.39, 0.29) is 28.0 Å². The average molecular weight is 343 g/mol. The first kappa shape index (κ1) is 15.1. The minimum Gasteiger partial charge on any atom is -0.399 e. The standard InChI is InChI=1S/C10H12Cl2N2O3S2/c11-8-5-7(13)6-9(12)10(8)19(16,17)14-1-3-18(15)4-2-14/h5-6H,1-4,13H2. The van der Waals surface area contributed by atoms with Gasteiger partial charge >= 0.3 is 0 Å². The van der Waals surface area contributed by atoms with E-state index in [4.69, 9.17) is 28.9 Å². The van der Waals surface area contributed by atoms with E-state index in [9.17, 15) is 12.6 Å². The summed E-state index contributed by atoms with van der Waals surface area (Å²) in [4.78, 5) is -0.141. The molecular formula is C10H12Cl2N2O3S2. The first-order valence-corrected chi connectivity index (χ1v) is 9.10. The summed E-state index contributed by atoms with van der Waals surface area (Å²) in [6, 6.07) is 2.70. The zero-order valence-electron chi connectivity index (χ0n) is 9.80. The number of anilines is 1. The summed E-state index contributed by atoms with van der Waals surface area (Å²) in [6.45, 7) is 0.401. The molecule has 1 heterocycles. The molecule has 0 bridgehead atoms. The van der Waals surface area contributed by atoms with Crippen LogP contribution in [0.4, 0.5) is 5.69 Å². The van der Waals surface area contributed by atoms with Gasteiger partial charge in [-0.15, -0.1) is 0 Å². The molecule has 0 aliphatic carbocycles. The topological polar surface area (TPSA) is 80.5 Å². The zero-order chi connectivity index (χ0) is 14.2. The van der Waals surface area contributed by atoms with Crippen LogP contribution in [-0.2, 0) is 20.8 Å². The molecule has 19 heavy (non-hydrogen) atoms. The van der Waals surface area contributed by atoms with Crippen molar-refractivity contribution in [1.82, 2.24) is 4.31 Å². The SMILES string of the molecule is Nc1cc(Cl)c(S(=O)(=O)N2CCS(=O)CC2)c(Cl)c1. The predicted octanol–water partition coefficient (Wildman–Crippen LogP) is 1.33. The third-order valence-corrected chi connectivity index (χ3v) is 6.85. The van der Waals surface area contributed by atoms with Crippen molar-refractivity contribution in [3.63, 3.8) is 0 Å². The Morgan fingerprint density at radius 3 is 2.11 bits per heavy atom. The van der Waals surface area contributed by atoms with Crippen LogP contribution in [0.15, 0.2) is 17.0 Å². The van der Waals surface area contributed by atoms with Gasteiger partial charge in [0.15, 0.2) is 0 Å². The predicted molar refractivity (Wildman–Crippen MR) is 77.5 cm³/mol. The first-order valence-electron chi connectivity index (χ1n) is 5.42. The number of rotatable bonds is 2. The second-order valence-corrected chi connectivity index (χ2v) is 8.45. The van der Waals surface area contributed by atoms with E-state index >= 15 is 0 Å². The Balaban J connectivity index is 2.43. The van der Waals surface area contributed by atoms with Gasteiger partial charge in [0.25, 0.3) is 0 Å². The Bertz CT molecular complexity index is 601. The number of nitrogen functional groups attached to an aromatic ring is 1. The molecule has 0 saturated carbocycles. The van der Waals surface area contributed by atoms with Crippen molar-refractivity contribution in [2.75, 3.05) is 30.3 Å². The smallest absolute Gasteiger partial charge is 0.246 e. The van der Waals surface area contributed by atoms with Crippen LogP contribution in [-0.4, -0.2) is 41.5 Å². The van der Waals surface area contributed by atoms with Crippen molar-refractivity contribution in [2.24, 2.45) is 0 Å². The number of hydrogen-bond donors (Lipinski definition) is 1. The second kappa shape index (κ2) is 5.57. The fraction of sp³-hybridized carbons (Fsp3) is 0.400. The van der Waals surface area contributed by atoms with Gasteiger partial charge < -0.3 is 5.73 Å². The van der Waals surface area contributed by atoms with Gasteiger partial charge in [-0.3, -0.25) is 4.21 Å². The third kappa shape index (κ3) is 3.05. The van der Waals surface area contributed by atoms with Crippen LogP contribution >= 0.6 is 23.2 Å². The lowest BCUT2D eigenvalue weighted by atomic mass is 10.3. The Morgan fingerprint density at radius 2 is 1.63 bits per heavy atom. The highest BCUT2D eigenvalue weighted by Gasteiger charge is 2.31. The molecule has 1 aromatic rings. The molecular weight excluding hydrogens is 331 g/mol. The molecule has 2 rings (SSSR count). The molecule has 2 N–H and O–H groups in total. The van der Waals surface area contributed by atoms with Crippen LogP contribution in [0.25, 0.3) is 0 Å². The van der Waals surface area contributed by atoms with Crippen molar-refractivity contribution < 1.29 is 12.6 Å². The molecule has 1 aliphatic heterocycles. The highest BCUT2D eigenvalue weighted by Crippen LogP contribution is 2.34. The molecule has 0 atom stereocenters. The summed E-state index contributed by atoms with van der Waals surface area (Å²) < 4.78 is 37.4. The molecule has 9 heteroatoms. The van der Waals surface area contributed by atoms with Crippen LogP contribution in [0.2, 0.25) is 10.0 Å². The molecule has 0 aromatic heterocycles. The van der Waals surface area contributed by atoms with Crippen LogP contribution in [0.3, 0.4) is 0 Å². The Kier molecular flexibility index (Phi) is 4.42. The number of halogens is 2. The molecule has 0 unspecified atom stereocenters. The summed E-state index contributed by atoms with van der Waals surface area (Å²) in [6.07, 6.45) is 0. The fourth-order valence-electron chi connectivity index (χ4n) is 1.82. The minimum atomic E-state index is -3.78. The maximum Gasteiger partial charge on any atom is 0.246 e. The lowest BCUT2D eigenvalue weighted by Crippen LogP contribution is -2.41. The van der Waals surface area contributed by atoms with Crippen molar-refractivity contribution >= 4 is 49.7 Å². The Labute approximate surface area is 124 Å². The molecule has 106 valence electrons. The molecule has 1 aromatic carbocycles. The lowest BCUT2D eigenvalue weighted by Gasteiger charge is -2.26. The maximum atomic E-state index is 12.5. The molecule has 0 radical (unpaired) electrons. The van der Waals surface area contributed by atoms with E-state index in [1.807, 2.05) is 0 Å². The Morgan fingerprint density at radius 1 is 1.16 bits per heavy atom. The summed E-state index contributed by atoms with van der Waals surface area (Å²) in [5.74, 6) is 0.646. The van der Waals surface area contributed by atoms with Gasteiger partial charge in [-0.1, -0.05) is 23.2 Å². The first-order chi connectivity index (χ1) is 8.82. The van der Waals surface area contributed by atoms with Crippen molar-refractivity contribution in [3.8, 4) is 0 Å². The highest BCUT2D eigenvalue weighted by atomic mass is 35.5. The van der Waals surface area contributed by atoms with Crippen LogP contribution in [0, 0.1) is 0 Å². The Hall–Kier alpha value is -0.340. The van der Waals surface area contributed by atoms with Crippen molar-refractivity contribution in [2.45, 2.75) is 4.90 Å². The van der Waals surface area contributed by atoms with Gasteiger partial charge in [-0.2, -0.15) is 4.31 Å². The van der Waals surface area contributed by atoms with Gasteiger partial charge in [0, 0.05) is 41.1 Å². The van der Waals surface area contributed by atoms with E-state index < -0.39 is 20.8 Å². The molecule has 5 nitrogen and oxygen atoms in total. The number of nitrogens with zero attached hydrogens (tertiary/aromatic N) is 1. The monoisotopic (exact) mass is 342 g/mol. The number of benzene rings is 1. The van der Waals surface area contributed by atoms with Gasteiger partial charge in [0.1, 0.15) is 4.90 Å². The molecule has 1 fully saturated rings. The number of nitrogens with two attached hydrogens (primary N) is 1. The highest BCUT2D eigenvalue weighted by molar-refractivity contribution is 7.89. The van der Waals surface area contributed by atoms with E-state index in [2.05, 4.69) is 0 Å². The van der Waals surface area contributed by atoms with E-state index in [1.165, 1.54) is 16.4 Å². The van der Waals surface area contributed by atoms with Crippen LogP contribution in [0.5, 0.6) is 0 Å². The number of sulfonamides is 1. The van der Waals surface area contributed by atoms with E-state index in [0.717, 1.165) is 0 Å². The maximum absolute atomic E-state index is 12.5. The normalized spacial score (nSPS) is 18.6. The molecule has 1 aliphatic rings. The number of hydrogen-bond acceptors (Lipinski definition) is 4. The van der Waals surface area contributed by atoms with Crippen molar-refractivity contribution in [1.29, 1.82) is 0 Å². The molecule has 0 spiro atoms. The van der Waals surface area contributed by atoms with E-state index in [1.54, 1.807) is 0 Å². The fourth-order valence-corrected chi connectivity index (χ4v) is 5.72. The van der Waals surface area contributed by atoms with Crippen molar-refractivity contribution in [3.05, 3.63) is 22.2 Å². The van der Waals surface area contributed by atoms with Gasteiger partial charge in [0.2, 0.25) is 10.0 Å². The molecule has 0 amide bonds. The van der Waals surface area contributed by atoms with E-state index in [0.29, 0.717) is 17.2 Å². The minimum absolute atomic E-state index is 0.00306. The molecule has 1 saturated heterocycles. The van der Waals surface area contributed by atoms with Gasteiger partial charge in [-0.25, -0.2) is 8.42 Å². The largest absolute Gasteiger partial charge is 0.399 e. The second-order valence-electron chi connectivity index (χ2n) is 4.07. The lowest BCUT2D eigenvalue weighted by molar-refractivity contribution is 0.439. The summed E-state index contributed by atoms with van der Waals surface area (Å²) >= 11 is 11.9. The average Bonchev–Trinajstić information content (AvgIpc) is 2.27. The van der Waals surface area contributed by atoms with Gasteiger partial charge in [0.05, 0.1) is 10.0 Å². The zero-order valence-corrected chi connectivity index (χ0v) is 12.9. The van der Waals surface area contributed by atoms with Crippen LogP contribution in [0.1, 0.15) is 0 Å². The summed E-state index contributed by atoms with van der Waals surface area (Å²) in [7, 11) is -4.74.